The molecule has 0 aliphatic heterocycles. The number of hydrogen-bond acceptors (Lipinski definition) is 4. The smallest absolute Gasteiger partial charge is 0.259 e. The molecule has 0 amide bonds. The molecule has 2 aromatic rings. The van der Waals surface area contributed by atoms with Crippen LogP contribution in [-0.2, 0) is 6.42 Å². The van der Waals surface area contributed by atoms with Gasteiger partial charge in [0.05, 0.1) is 11.4 Å². The van der Waals surface area contributed by atoms with Crippen molar-refractivity contribution >= 4 is 21.6 Å². The number of hydrogen-bond donors (Lipinski definition) is 1. The van der Waals surface area contributed by atoms with Gasteiger partial charge in [-0.3, -0.25) is 0 Å². The van der Waals surface area contributed by atoms with Crippen molar-refractivity contribution in [3.05, 3.63) is 40.0 Å². The Labute approximate surface area is 119 Å². The van der Waals surface area contributed by atoms with Crippen LogP contribution in [0.15, 0.2) is 22.9 Å². The molecular formula is C13H13BrFN3O. The lowest BCUT2D eigenvalue weighted by Gasteiger charge is -2.12. The van der Waals surface area contributed by atoms with Gasteiger partial charge in [-0.2, -0.15) is 9.37 Å². The summed E-state index contributed by atoms with van der Waals surface area (Å²) in [5.74, 6) is -0.251. The summed E-state index contributed by atoms with van der Waals surface area (Å²) < 4.78 is 20.3. The van der Waals surface area contributed by atoms with Crippen LogP contribution in [-0.4, -0.2) is 9.97 Å². The fraction of sp³-hybridized carbons (Fsp3) is 0.231. The molecule has 0 unspecified atom stereocenters. The average Bonchev–Trinajstić information content (AvgIpc) is 2.35. The third-order valence-corrected chi connectivity index (χ3v) is 3.09. The van der Waals surface area contributed by atoms with E-state index in [2.05, 4.69) is 25.9 Å². The van der Waals surface area contributed by atoms with E-state index in [0.717, 1.165) is 10.0 Å². The Morgan fingerprint density at radius 3 is 2.74 bits per heavy atom. The van der Waals surface area contributed by atoms with E-state index in [1.165, 1.54) is 6.33 Å². The van der Waals surface area contributed by atoms with Crippen molar-refractivity contribution in [2.75, 3.05) is 5.73 Å². The van der Waals surface area contributed by atoms with E-state index in [4.69, 9.17) is 10.5 Å². The minimum absolute atomic E-state index is 0.107. The molecule has 0 spiro atoms. The number of nitrogens with two attached hydrogens (primary N) is 1. The Kier molecular flexibility index (Phi) is 3.99. The molecule has 19 heavy (non-hydrogen) atoms. The highest BCUT2D eigenvalue weighted by Crippen LogP contribution is 2.34. The van der Waals surface area contributed by atoms with Crippen LogP contribution >= 0.6 is 15.9 Å². The maximum absolute atomic E-state index is 14.0. The second kappa shape index (κ2) is 5.52. The van der Waals surface area contributed by atoms with Gasteiger partial charge in [0, 0.05) is 4.47 Å². The van der Waals surface area contributed by atoms with E-state index in [0.29, 0.717) is 23.6 Å². The topological polar surface area (TPSA) is 61.0 Å². The molecule has 2 rings (SSSR count). The van der Waals surface area contributed by atoms with E-state index >= 15 is 0 Å². The van der Waals surface area contributed by atoms with Gasteiger partial charge in [0.25, 0.3) is 5.88 Å². The van der Waals surface area contributed by atoms with E-state index in [1.807, 2.05) is 19.9 Å². The minimum Gasteiger partial charge on any atom is -0.434 e. The summed E-state index contributed by atoms with van der Waals surface area (Å²) in [6, 6.07) is 3.54. The van der Waals surface area contributed by atoms with Crippen molar-refractivity contribution in [2.45, 2.75) is 20.3 Å². The monoisotopic (exact) mass is 325 g/mol. The van der Waals surface area contributed by atoms with Crippen LogP contribution < -0.4 is 10.5 Å². The van der Waals surface area contributed by atoms with Gasteiger partial charge < -0.3 is 10.5 Å². The molecule has 4 nitrogen and oxygen atoms in total. The van der Waals surface area contributed by atoms with Crippen molar-refractivity contribution in [2.24, 2.45) is 0 Å². The molecule has 0 radical (unpaired) electrons. The SMILES string of the molecule is CCc1ncnc(Oc2c(C)cc(Br)cc2N)c1F. The normalized spacial score (nSPS) is 10.5. The van der Waals surface area contributed by atoms with Crippen molar-refractivity contribution in [3.63, 3.8) is 0 Å². The molecule has 0 aliphatic carbocycles. The number of halogens is 2. The summed E-state index contributed by atoms with van der Waals surface area (Å²) in [6.07, 6.45) is 1.75. The first-order valence-electron chi connectivity index (χ1n) is 5.75. The number of aromatic nitrogens is 2. The summed E-state index contributed by atoms with van der Waals surface area (Å²) in [7, 11) is 0. The highest BCUT2D eigenvalue weighted by Gasteiger charge is 2.15. The van der Waals surface area contributed by atoms with Gasteiger partial charge in [-0.1, -0.05) is 22.9 Å². The Morgan fingerprint density at radius 2 is 2.11 bits per heavy atom. The average molecular weight is 326 g/mol. The Morgan fingerprint density at radius 1 is 1.37 bits per heavy atom. The molecule has 0 bridgehead atoms. The Balaban J connectivity index is 2.42. The summed E-state index contributed by atoms with van der Waals surface area (Å²) in [5.41, 5.74) is 7.40. The van der Waals surface area contributed by atoms with E-state index in [1.54, 1.807) is 6.07 Å². The molecule has 0 atom stereocenters. The van der Waals surface area contributed by atoms with Crippen LogP contribution in [0.3, 0.4) is 0 Å². The first-order valence-corrected chi connectivity index (χ1v) is 6.55. The van der Waals surface area contributed by atoms with Crippen LogP contribution in [0.4, 0.5) is 10.1 Å². The maximum atomic E-state index is 14.0. The summed E-state index contributed by atoms with van der Waals surface area (Å²) in [6.45, 7) is 3.64. The van der Waals surface area contributed by atoms with Crippen LogP contribution in [0.1, 0.15) is 18.2 Å². The summed E-state index contributed by atoms with van der Waals surface area (Å²) >= 11 is 3.33. The molecule has 1 aromatic heterocycles. The van der Waals surface area contributed by atoms with Crippen molar-refractivity contribution in [1.29, 1.82) is 0 Å². The second-order valence-corrected chi connectivity index (χ2v) is 4.95. The zero-order chi connectivity index (χ0) is 14.0. The van der Waals surface area contributed by atoms with Crippen LogP contribution in [0.2, 0.25) is 0 Å². The quantitative estimate of drug-likeness (QED) is 0.875. The Bertz CT molecular complexity index is 596. The molecular weight excluding hydrogens is 313 g/mol. The van der Waals surface area contributed by atoms with Gasteiger partial charge in [-0.15, -0.1) is 0 Å². The lowest BCUT2D eigenvalue weighted by Crippen LogP contribution is -2.02. The number of nitrogens with zero attached hydrogens (tertiary/aromatic N) is 2. The fourth-order valence-corrected chi connectivity index (χ4v) is 2.29. The maximum Gasteiger partial charge on any atom is 0.259 e. The number of ether oxygens (including phenoxy) is 1. The van der Waals surface area contributed by atoms with Crippen molar-refractivity contribution in [3.8, 4) is 11.6 Å². The number of nitrogen functional groups attached to an aromatic ring is 1. The van der Waals surface area contributed by atoms with Crippen molar-refractivity contribution < 1.29 is 9.13 Å². The lowest BCUT2D eigenvalue weighted by molar-refractivity contribution is 0.414. The predicted octanol–water partition coefficient (Wildman–Crippen LogP) is 3.62. The number of anilines is 1. The second-order valence-electron chi connectivity index (χ2n) is 4.04. The van der Waals surface area contributed by atoms with Crippen molar-refractivity contribution in [1.82, 2.24) is 9.97 Å². The third kappa shape index (κ3) is 2.84. The zero-order valence-corrected chi connectivity index (χ0v) is 12.2. The van der Waals surface area contributed by atoms with Gasteiger partial charge in [0.2, 0.25) is 5.82 Å². The van der Waals surface area contributed by atoms with Gasteiger partial charge in [0.15, 0.2) is 5.75 Å². The number of benzene rings is 1. The van der Waals surface area contributed by atoms with Crippen LogP contribution in [0, 0.1) is 12.7 Å². The zero-order valence-electron chi connectivity index (χ0n) is 10.6. The minimum atomic E-state index is -0.549. The number of aryl methyl sites for hydroxylation is 2. The molecule has 0 saturated heterocycles. The third-order valence-electron chi connectivity index (χ3n) is 2.63. The fourth-order valence-electron chi connectivity index (χ4n) is 1.70. The van der Waals surface area contributed by atoms with Gasteiger partial charge in [0.1, 0.15) is 6.33 Å². The van der Waals surface area contributed by atoms with Crippen LogP contribution in [0.5, 0.6) is 11.6 Å². The van der Waals surface area contributed by atoms with Gasteiger partial charge in [-0.05, 0) is 31.0 Å². The molecule has 0 aliphatic rings. The molecule has 100 valence electrons. The first kappa shape index (κ1) is 13.7. The molecule has 1 aromatic carbocycles. The van der Waals surface area contributed by atoms with Gasteiger partial charge >= 0.3 is 0 Å². The number of rotatable bonds is 3. The highest BCUT2D eigenvalue weighted by molar-refractivity contribution is 9.10. The lowest BCUT2D eigenvalue weighted by atomic mass is 10.2. The Hall–Kier alpha value is -1.69. The highest BCUT2D eigenvalue weighted by atomic mass is 79.9. The van der Waals surface area contributed by atoms with E-state index in [-0.39, 0.29) is 5.88 Å². The van der Waals surface area contributed by atoms with Gasteiger partial charge in [-0.25, -0.2) is 4.98 Å². The predicted molar refractivity (Wildman–Crippen MR) is 74.7 cm³/mol. The molecule has 0 fully saturated rings. The standard InChI is InChI=1S/C13H13BrFN3O/c1-3-10-11(15)13(18-6-17-10)19-12-7(2)4-8(14)5-9(12)16/h4-6H,3,16H2,1-2H3. The summed E-state index contributed by atoms with van der Waals surface area (Å²) in [5, 5.41) is 0. The first-order chi connectivity index (χ1) is 9.02. The molecule has 6 heteroatoms. The molecule has 0 saturated carbocycles. The van der Waals surface area contributed by atoms with Crippen LogP contribution in [0.25, 0.3) is 0 Å². The molecule has 1 heterocycles. The summed E-state index contributed by atoms with van der Waals surface area (Å²) in [4.78, 5) is 7.66. The van der Waals surface area contributed by atoms with E-state index < -0.39 is 5.82 Å². The van der Waals surface area contributed by atoms with E-state index in [9.17, 15) is 4.39 Å². The largest absolute Gasteiger partial charge is 0.434 e. The molecule has 2 N–H and O–H groups in total.